The summed E-state index contributed by atoms with van der Waals surface area (Å²) in [5.41, 5.74) is 0.915. The molecule has 0 fully saturated rings. The van der Waals surface area contributed by atoms with Crippen molar-refractivity contribution >= 4 is 16.8 Å². The Bertz CT molecular complexity index is 385. The van der Waals surface area contributed by atoms with Crippen LogP contribution in [0.1, 0.15) is 22.8 Å². The summed E-state index contributed by atoms with van der Waals surface area (Å²) in [4.78, 5) is 11.4. The van der Waals surface area contributed by atoms with Crippen molar-refractivity contribution in [1.82, 2.24) is 0 Å². The van der Waals surface area contributed by atoms with E-state index in [-0.39, 0.29) is 5.56 Å². The summed E-state index contributed by atoms with van der Waals surface area (Å²) in [5.74, 6) is -0.472. The summed E-state index contributed by atoms with van der Waals surface area (Å²) in [6.45, 7) is 3.53. The van der Waals surface area contributed by atoms with Crippen molar-refractivity contribution in [2.24, 2.45) is 0 Å². The van der Waals surface area contributed by atoms with Crippen LogP contribution in [-0.4, -0.2) is 21.0 Å². The molecule has 4 heteroatoms. The monoisotopic (exact) mass is 212 g/mol. The molecule has 0 spiro atoms. The molecule has 0 radical (unpaired) electrons. The number of carboxylic acid groups (broad SMARTS) is 1. The molecule has 0 saturated heterocycles. The predicted molar refractivity (Wildman–Crippen MR) is 55.1 cm³/mol. The van der Waals surface area contributed by atoms with Crippen molar-refractivity contribution in [2.45, 2.75) is 18.7 Å². The van der Waals surface area contributed by atoms with Gasteiger partial charge in [-0.05, 0) is 24.6 Å². The van der Waals surface area contributed by atoms with Crippen molar-refractivity contribution in [3.8, 4) is 0 Å². The summed E-state index contributed by atoms with van der Waals surface area (Å²) in [6, 6.07) is 4.88. The lowest BCUT2D eigenvalue weighted by molar-refractivity contribution is 0.0696. The van der Waals surface area contributed by atoms with Crippen LogP contribution in [0.4, 0.5) is 0 Å². The SMILES string of the molecule is CCS(=O)c1ccc(C)c(C(=O)O)c1. The zero-order valence-electron chi connectivity index (χ0n) is 8.11. The van der Waals surface area contributed by atoms with Gasteiger partial charge in [0.25, 0.3) is 0 Å². The minimum absolute atomic E-state index is 0.226. The number of rotatable bonds is 3. The van der Waals surface area contributed by atoms with Crippen LogP contribution < -0.4 is 0 Å². The zero-order valence-corrected chi connectivity index (χ0v) is 8.93. The van der Waals surface area contributed by atoms with Crippen molar-refractivity contribution in [2.75, 3.05) is 5.75 Å². The second kappa shape index (κ2) is 4.37. The van der Waals surface area contributed by atoms with E-state index < -0.39 is 16.8 Å². The van der Waals surface area contributed by atoms with Crippen molar-refractivity contribution < 1.29 is 14.1 Å². The van der Waals surface area contributed by atoms with Gasteiger partial charge < -0.3 is 5.11 Å². The molecular weight excluding hydrogens is 200 g/mol. The van der Waals surface area contributed by atoms with Gasteiger partial charge in [0.2, 0.25) is 0 Å². The highest BCUT2D eigenvalue weighted by molar-refractivity contribution is 7.85. The lowest BCUT2D eigenvalue weighted by Crippen LogP contribution is -2.02. The summed E-state index contributed by atoms with van der Waals surface area (Å²) < 4.78 is 11.4. The van der Waals surface area contributed by atoms with E-state index >= 15 is 0 Å². The molecule has 0 amide bonds. The molecule has 3 nitrogen and oxygen atoms in total. The maximum Gasteiger partial charge on any atom is 0.335 e. The molecule has 0 saturated carbocycles. The Kier molecular flexibility index (Phi) is 3.41. The number of benzene rings is 1. The molecule has 1 rings (SSSR count). The summed E-state index contributed by atoms with van der Waals surface area (Å²) in [5, 5.41) is 8.85. The first-order valence-electron chi connectivity index (χ1n) is 4.28. The first kappa shape index (κ1) is 10.9. The van der Waals surface area contributed by atoms with Gasteiger partial charge in [-0.3, -0.25) is 4.21 Å². The van der Waals surface area contributed by atoms with Gasteiger partial charge in [0.1, 0.15) is 0 Å². The van der Waals surface area contributed by atoms with Crippen LogP contribution in [0, 0.1) is 6.92 Å². The third-order valence-electron chi connectivity index (χ3n) is 1.96. The lowest BCUT2D eigenvalue weighted by atomic mass is 10.1. The fourth-order valence-corrected chi connectivity index (χ4v) is 1.94. The second-order valence-electron chi connectivity index (χ2n) is 2.92. The van der Waals surface area contributed by atoms with Crippen molar-refractivity contribution in [3.63, 3.8) is 0 Å². The van der Waals surface area contributed by atoms with Crippen LogP contribution >= 0.6 is 0 Å². The van der Waals surface area contributed by atoms with Gasteiger partial charge >= 0.3 is 5.97 Å². The Morgan fingerprint density at radius 1 is 1.50 bits per heavy atom. The zero-order chi connectivity index (χ0) is 10.7. The minimum atomic E-state index is -1.09. The van der Waals surface area contributed by atoms with Gasteiger partial charge in [0.05, 0.1) is 16.4 Å². The Morgan fingerprint density at radius 2 is 2.14 bits per heavy atom. The summed E-state index contributed by atoms with van der Waals surface area (Å²) >= 11 is 0. The molecule has 1 unspecified atom stereocenters. The Morgan fingerprint density at radius 3 is 2.64 bits per heavy atom. The van der Waals surface area contributed by atoms with Gasteiger partial charge in [0, 0.05) is 10.6 Å². The van der Waals surface area contributed by atoms with Crippen LogP contribution in [0.25, 0.3) is 0 Å². The number of aryl methyl sites for hydroxylation is 1. The first-order valence-corrected chi connectivity index (χ1v) is 5.60. The molecular formula is C10H12O3S. The highest BCUT2D eigenvalue weighted by Crippen LogP contribution is 2.14. The Balaban J connectivity index is 3.19. The predicted octanol–water partition coefficient (Wildman–Crippen LogP) is 1.82. The van der Waals surface area contributed by atoms with Gasteiger partial charge in [-0.2, -0.15) is 0 Å². The van der Waals surface area contributed by atoms with E-state index in [4.69, 9.17) is 5.11 Å². The largest absolute Gasteiger partial charge is 0.478 e. The van der Waals surface area contributed by atoms with E-state index in [1.165, 1.54) is 6.07 Å². The van der Waals surface area contributed by atoms with E-state index in [1.54, 1.807) is 26.0 Å². The lowest BCUT2D eigenvalue weighted by Gasteiger charge is -2.03. The smallest absolute Gasteiger partial charge is 0.335 e. The minimum Gasteiger partial charge on any atom is -0.478 e. The molecule has 14 heavy (non-hydrogen) atoms. The first-order chi connectivity index (χ1) is 6.56. The summed E-state index contributed by atoms with van der Waals surface area (Å²) in [6.07, 6.45) is 0. The van der Waals surface area contributed by atoms with Crippen LogP contribution in [0.3, 0.4) is 0 Å². The highest BCUT2D eigenvalue weighted by atomic mass is 32.2. The number of carboxylic acids is 1. The van der Waals surface area contributed by atoms with Gasteiger partial charge in [0.15, 0.2) is 0 Å². The fraction of sp³-hybridized carbons (Fsp3) is 0.300. The maximum absolute atomic E-state index is 11.4. The summed E-state index contributed by atoms with van der Waals surface area (Å²) in [7, 11) is -1.09. The molecule has 0 aliphatic heterocycles. The van der Waals surface area contributed by atoms with E-state index in [1.807, 2.05) is 0 Å². The fourth-order valence-electron chi connectivity index (χ4n) is 1.14. The van der Waals surface area contributed by atoms with Crippen LogP contribution in [-0.2, 0) is 10.8 Å². The molecule has 0 aliphatic rings. The molecule has 76 valence electrons. The van der Waals surface area contributed by atoms with E-state index in [0.29, 0.717) is 16.2 Å². The van der Waals surface area contributed by atoms with Gasteiger partial charge in [-0.1, -0.05) is 13.0 Å². The highest BCUT2D eigenvalue weighted by Gasteiger charge is 2.09. The van der Waals surface area contributed by atoms with Crippen molar-refractivity contribution in [3.05, 3.63) is 29.3 Å². The van der Waals surface area contributed by atoms with Crippen LogP contribution in [0.5, 0.6) is 0 Å². The number of hydrogen-bond donors (Lipinski definition) is 1. The normalized spacial score (nSPS) is 12.4. The standard InChI is InChI=1S/C10H12O3S/c1-3-14(13)8-5-4-7(2)9(6-8)10(11)12/h4-6H,3H2,1-2H3,(H,11,12). The molecule has 1 atom stereocenters. The second-order valence-corrected chi connectivity index (χ2v) is 4.66. The number of hydrogen-bond acceptors (Lipinski definition) is 2. The molecule has 0 heterocycles. The third kappa shape index (κ3) is 2.20. The molecule has 0 aliphatic carbocycles. The van der Waals surface area contributed by atoms with Gasteiger partial charge in [-0.15, -0.1) is 0 Å². The van der Waals surface area contributed by atoms with E-state index in [9.17, 15) is 9.00 Å². The van der Waals surface area contributed by atoms with E-state index in [2.05, 4.69) is 0 Å². The topological polar surface area (TPSA) is 54.4 Å². The number of carbonyl (C=O) groups is 1. The molecule has 1 aromatic carbocycles. The average molecular weight is 212 g/mol. The van der Waals surface area contributed by atoms with Crippen molar-refractivity contribution in [1.29, 1.82) is 0 Å². The Hall–Kier alpha value is -1.16. The number of aromatic carboxylic acids is 1. The maximum atomic E-state index is 11.4. The Labute approximate surface area is 85.2 Å². The molecule has 0 bridgehead atoms. The molecule has 1 aromatic rings. The van der Waals surface area contributed by atoms with E-state index in [0.717, 1.165) is 0 Å². The third-order valence-corrected chi connectivity index (χ3v) is 3.27. The van der Waals surface area contributed by atoms with Crippen LogP contribution in [0.2, 0.25) is 0 Å². The average Bonchev–Trinajstić information content (AvgIpc) is 2.17. The van der Waals surface area contributed by atoms with Crippen LogP contribution in [0.15, 0.2) is 23.1 Å². The molecule has 1 N–H and O–H groups in total. The van der Waals surface area contributed by atoms with Gasteiger partial charge in [-0.25, -0.2) is 4.79 Å². The quantitative estimate of drug-likeness (QED) is 0.831. The molecule has 0 aromatic heterocycles.